The number of benzene rings is 1. The molecule has 0 aliphatic rings. The average Bonchev–Trinajstić information content (AvgIpc) is 2.48. The summed E-state index contributed by atoms with van der Waals surface area (Å²) in [7, 11) is 1.76. The molecule has 0 bridgehead atoms. The maximum Gasteiger partial charge on any atom is 0.272 e. The van der Waals surface area contributed by atoms with Gasteiger partial charge in [0.05, 0.1) is 0 Å². The summed E-state index contributed by atoms with van der Waals surface area (Å²) in [5.74, 6) is -0.115. The summed E-state index contributed by atoms with van der Waals surface area (Å²) in [6.07, 6.45) is 1.61. The number of hydrogen-bond acceptors (Lipinski definition) is 3. The molecule has 2 N–H and O–H groups in total. The van der Waals surface area contributed by atoms with Crippen LogP contribution in [0.3, 0.4) is 0 Å². The van der Waals surface area contributed by atoms with Crippen LogP contribution >= 0.6 is 15.9 Å². The van der Waals surface area contributed by atoms with Crippen molar-refractivity contribution in [1.82, 2.24) is 9.88 Å². The van der Waals surface area contributed by atoms with Crippen LogP contribution in [0.1, 0.15) is 21.6 Å². The first kappa shape index (κ1) is 14.7. The highest BCUT2D eigenvalue weighted by atomic mass is 79.9. The fourth-order valence-electron chi connectivity index (χ4n) is 1.87. The lowest BCUT2D eigenvalue weighted by Crippen LogP contribution is -2.27. The van der Waals surface area contributed by atoms with E-state index in [-0.39, 0.29) is 5.91 Å². The van der Waals surface area contributed by atoms with E-state index in [9.17, 15) is 4.79 Å². The van der Waals surface area contributed by atoms with Crippen molar-refractivity contribution in [3.05, 3.63) is 63.9 Å². The standard InChI is InChI=1S/C15H16BrN3O/c1-19(10-12-4-2-3-5-13(12)16)15(20)14-8-11(9-17)6-7-18-14/h2-8H,9-10,17H2,1H3. The Morgan fingerprint density at radius 1 is 1.35 bits per heavy atom. The molecule has 1 amide bonds. The Hall–Kier alpha value is -1.72. The zero-order valence-corrected chi connectivity index (χ0v) is 12.8. The Morgan fingerprint density at radius 3 is 2.80 bits per heavy atom. The summed E-state index contributed by atoms with van der Waals surface area (Å²) >= 11 is 3.48. The van der Waals surface area contributed by atoms with E-state index in [1.165, 1.54) is 0 Å². The Morgan fingerprint density at radius 2 is 2.10 bits per heavy atom. The fourth-order valence-corrected chi connectivity index (χ4v) is 2.28. The number of carbonyl (C=O) groups excluding carboxylic acids is 1. The second-order valence-corrected chi connectivity index (χ2v) is 5.36. The summed E-state index contributed by atoms with van der Waals surface area (Å²) in [5.41, 5.74) is 7.95. The molecule has 1 aromatic carbocycles. The van der Waals surface area contributed by atoms with E-state index in [1.54, 1.807) is 24.2 Å². The Balaban J connectivity index is 2.14. The molecule has 1 aromatic heterocycles. The van der Waals surface area contributed by atoms with E-state index >= 15 is 0 Å². The van der Waals surface area contributed by atoms with Gasteiger partial charge in [0.1, 0.15) is 5.69 Å². The minimum absolute atomic E-state index is 0.115. The van der Waals surface area contributed by atoms with Crippen molar-refractivity contribution in [3.8, 4) is 0 Å². The third kappa shape index (κ3) is 3.43. The quantitative estimate of drug-likeness (QED) is 0.935. The zero-order valence-electron chi connectivity index (χ0n) is 11.2. The van der Waals surface area contributed by atoms with Gasteiger partial charge in [0.25, 0.3) is 5.91 Å². The van der Waals surface area contributed by atoms with Crippen LogP contribution in [0.15, 0.2) is 47.1 Å². The van der Waals surface area contributed by atoms with Gasteiger partial charge in [-0.1, -0.05) is 34.1 Å². The molecular weight excluding hydrogens is 318 g/mol. The fraction of sp³-hybridized carbons (Fsp3) is 0.200. The third-order valence-electron chi connectivity index (χ3n) is 2.99. The lowest BCUT2D eigenvalue weighted by atomic mass is 10.2. The molecule has 104 valence electrons. The van der Waals surface area contributed by atoms with Gasteiger partial charge >= 0.3 is 0 Å². The van der Waals surface area contributed by atoms with Crippen LogP contribution < -0.4 is 5.73 Å². The normalized spacial score (nSPS) is 10.3. The molecule has 2 aromatic rings. The Labute approximate surface area is 126 Å². The average molecular weight is 334 g/mol. The number of rotatable bonds is 4. The van der Waals surface area contributed by atoms with E-state index in [0.29, 0.717) is 18.8 Å². The number of hydrogen-bond donors (Lipinski definition) is 1. The first-order chi connectivity index (χ1) is 9.61. The van der Waals surface area contributed by atoms with Crippen molar-refractivity contribution < 1.29 is 4.79 Å². The highest BCUT2D eigenvalue weighted by molar-refractivity contribution is 9.10. The Kier molecular flexibility index (Phi) is 4.87. The molecule has 0 unspecified atom stereocenters. The van der Waals surface area contributed by atoms with Crippen molar-refractivity contribution >= 4 is 21.8 Å². The van der Waals surface area contributed by atoms with E-state index in [1.807, 2.05) is 30.3 Å². The van der Waals surface area contributed by atoms with Gasteiger partial charge in [-0.05, 0) is 29.3 Å². The van der Waals surface area contributed by atoms with Crippen LogP contribution in [0.5, 0.6) is 0 Å². The van der Waals surface area contributed by atoms with Gasteiger partial charge in [-0.3, -0.25) is 9.78 Å². The van der Waals surface area contributed by atoms with Crippen LogP contribution in [0.25, 0.3) is 0 Å². The minimum Gasteiger partial charge on any atom is -0.336 e. The van der Waals surface area contributed by atoms with Gasteiger partial charge < -0.3 is 10.6 Å². The SMILES string of the molecule is CN(Cc1ccccc1Br)C(=O)c1cc(CN)ccn1. The zero-order chi connectivity index (χ0) is 14.5. The van der Waals surface area contributed by atoms with Crippen molar-refractivity contribution in [2.75, 3.05) is 7.05 Å². The monoisotopic (exact) mass is 333 g/mol. The molecule has 0 saturated carbocycles. The van der Waals surface area contributed by atoms with Crippen molar-refractivity contribution in [1.29, 1.82) is 0 Å². The van der Waals surface area contributed by atoms with Crippen LogP contribution in [-0.2, 0) is 13.1 Å². The van der Waals surface area contributed by atoms with Gasteiger partial charge in [-0.15, -0.1) is 0 Å². The molecule has 0 atom stereocenters. The predicted molar refractivity (Wildman–Crippen MR) is 82.1 cm³/mol. The first-order valence-corrected chi connectivity index (χ1v) is 7.05. The molecule has 0 spiro atoms. The molecule has 0 aliphatic carbocycles. The molecule has 0 saturated heterocycles. The van der Waals surface area contributed by atoms with Crippen molar-refractivity contribution in [2.24, 2.45) is 5.73 Å². The van der Waals surface area contributed by atoms with Crippen LogP contribution in [0, 0.1) is 0 Å². The number of pyridine rings is 1. The van der Waals surface area contributed by atoms with E-state index in [2.05, 4.69) is 20.9 Å². The summed E-state index contributed by atoms with van der Waals surface area (Å²) < 4.78 is 0.989. The van der Waals surface area contributed by atoms with Crippen LogP contribution in [-0.4, -0.2) is 22.8 Å². The van der Waals surface area contributed by atoms with Gasteiger partial charge in [0.2, 0.25) is 0 Å². The van der Waals surface area contributed by atoms with Crippen molar-refractivity contribution in [3.63, 3.8) is 0 Å². The number of amides is 1. The van der Waals surface area contributed by atoms with E-state index < -0.39 is 0 Å². The maximum absolute atomic E-state index is 12.3. The van der Waals surface area contributed by atoms with Gasteiger partial charge in [-0.25, -0.2) is 0 Å². The number of nitrogens with zero attached hydrogens (tertiary/aromatic N) is 2. The molecule has 4 nitrogen and oxygen atoms in total. The first-order valence-electron chi connectivity index (χ1n) is 6.25. The summed E-state index contributed by atoms with van der Waals surface area (Å²) in [6, 6.07) is 11.4. The highest BCUT2D eigenvalue weighted by Crippen LogP contribution is 2.18. The highest BCUT2D eigenvalue weighted by Gasteiger charge is 2.14. The molecule has 0 fully saturated rings. The predicted octanol–water partition coefficient (Wildman–Crippen LogP) is 2.58. The molecule has 20 heavy (non-hydrogen) atoms. The topological polar surface area (TPSA) is 59.2 Å². The number of halogens is 1. The largest absolute Gasteiger partial charge is 0.336 e. The lowest BCUT2D eigenvalue weighted by molar-refractivity contribution is 0.0779. The van der Waals surface area contributed by atoms with E-state index in [4.69, 9.17) is 5.73 Å². The van der Waals surface area contributed by atoms with Gasteiger partial charge in [-0.2, -0.15) is 0 Å². The van der Waals surface area contributed by atoms with Crippen LogP contribution in [0.2, 0.25) is 0 Å². The number of aromatic nitrogens is 1. The van der Waals surface area contributed by atoms with Gasteiger partial charge in [0, 0.05) is 30.8 Å². The molecule has 1 heterocycles. The number of carbonyl (C=O) groups is 1. The summed E-state index contributed by atoms with van der Waals surface area (Å²) in [5, 5.41) is 0. The molecular formula is C15H16BrN3O. The molecule has 2 rings (SSSR count). The lowest BCUT2D eigenvalue weighted by Gasteiger charge is -2.18. The maximum atomic E-state index is 12.3. The number of nitrogens with two attached hydrogens (primary N) is 1. The second kappa shape index (κ2) is 6.63. The van der Waals surface area contributed by atoms with Gasteiger partial charge in [0.15, 0.2) is 0 Å². The van der Waals surface area contributed by atoms with Crippen molar-refractivity contribution in [2.45, 2.75) is 13.1 Å². The van der Waals surface area contributed by atoms with Crippen LogP contribution in [0.4, 0.5) is 0 Å². The molecule has 5 heteroatoms. The van der Waals surface area contributed by atoms with E-state index in [0.717, 1.165) is 15.6 Å². The summed E-state index contributed by atoms with van der Waals surface area (Å²) in [4.78, 5) is 18.1. The Bertz CT molecular complexity index is 616. The second-order valence-electron chi connectivity index (χ2n) is 4.51. The molecule has 0 aliphatic heterocycles. The third-order valence-corrected chi connectivity index (χ3v) is 3.76. The molecule has 0 radical (unpaired) electrons. The minimum atomic E-state index is -0.115. The smallest absolute Gasteiger partial charge is 0.272 e. The summed E-state index contributed by atoms with van der Waals surface area (Å²) in [6.45, 7) is 0.922.